The van der Waals surface area contributed by atoms with E-state index >= 15 is 0 Å². The van der Waals surface area contributed by atoms with E-state index in [-0.39, 0.29) is 11.9 Å². The number of benzene rings is 2. The van der Waals surface area contributed by atoms with Crippen molar-refractivity contribution >= 4 is 23.0 Å². The van der Waals surface area contributed by atoms with Crippen LogP contribution in [-0.2, 0) is 6.42 Å². The van der Waals surface area contributed by atoms with Gasteiger partial charge in [0.25, 0.3) is 0 Å². The molecule has 0 aliphatic heterocycles. The summed E-state index contributed by atoms with van der Waals surface area (Å²) >= 11 is 5.38. The number of thiocarbonyl (C=S) groups is 1. The van der Waals surface area contributed by atoms with Crippen LogP contribution in [0.4, 0.5) is 10.1 Å². The standard InChI is InChI=1S/C18H19FN2S/c1-12-9-10-14(11-16(12)19)20-18(22)21-17-8-4-6-13-5-2-3-7-15(13)17/h2-3,5,7,9-11,17H,4,6,8H2,1H3,(H2,20,21,22)/t17-/m1/s1. The second-order valence-corrected chi connectivity index (χ2v) is 6.11. The fourth-order valence-corrected chi connectivity index (χ4v) is 3.16. The van der Waals surface area contributed by atoms with Crippen LogP contribution in [0.3, 0.4) is 0 Å². The molecule has 0 saturated carbocycles. The summed E-state index contributed by atoms with van der Waals surface area (Å²) in [6.07, 6.45) is 3.33. The van der Waals surface area contributed by atoms with E-state index in [0.717, 1.165) is 19.3 Å². The highest BCUT2D eigenvalue weighted by molar-refractivity contribution is 7.80. The van der Waals surface area contributed by atoms with E-state index in [1.807, 2.05) is 6.07 Å². The molecule has 4 heteroatoms. The van der Waals surface area contributed by atoms with Crippen LogP contribution >= 0.6 is 12.2 Å². The zero-order valence-corrected chi connectivity index (χ0v) is 13.3. The summed E-state index contributed by atoms with van der Waals surface area (Å²) in [5.74, 6) is -0.226. The van der Waals surface area contributed by atoms with Crippen LogP contribution in [-0.4, -0.2) is 5.11 Å². The molecule has 1 aliphatic rings. The van der Waals surface area contributed by atoms with Crippen molar-refractivity contribution in [1.82, 2.24) is 5.32 Å². The molecule has 0 spiro atoms. The molecule has 0 radical (unpaired) electrons. The summed E-state index contributed by atoms with van der Waals surface area (Å²) < 4.78 is 13.6. The van der Waals surface area contributed by atoms with E-state index in [1.54, 1.807) is 13.0 Å². The quantitative estimate of drug-likeness (QED) is 0.798. The molecule has 1 aliphatic carbocycles. The lowest BCUT2D eigenvalue weighted by atomic mass is 9.88. The first kappa shape index (κ1) is 15.0. The number of aryl methyl sites for hydroxylation is 2. The van der Waals surface area contributed by atoms with Gasteiger partial charge < -0.3 is 10.6 Å². The molecule has 2 N–H and O–H groups in total. The first-order valence-corrected chi connectivity index (χ1v) is 7.96. The molecule has 0 unspecified atom stereocenters. The first-order valence-electron chi connectivity index (χ1n) is 7.55. The molecule has 0 aromatic heterocycles. The molecule has 0 heterocycles. The van der Waals surface area contributed by atoms with Crippen molar-refractivity contribution in [3.05, 3.63) is 65.0 Å². The topological polar surface area (TPSA) is 24.1 Å². The highest BCUT2D eigenvalue weighted by Gasteiger charge is 2.20. The van der Waals surface area contributed by atoms with Crippen molar-refractivity contribution in [2.24, 2.45) is 0 Å². The van der Waals surface area contributed by atoms with E-state index in [1.165, 1.54) is 17.2 Å². The SMILES string of the molecule is Cc1ccc(NC(=S)N[C@@H]2CCCc3ccccc32)cc1F. The van der Waals surface area contributed by atoms with Crippen LogP contribution in [0, 0.1) is 12.7 Å². The Labute approximate surface area is 135 Å². The van der Waals surface area contributed by atoms with Gasteiger partial charge >= 0.3 is 0 Å². The Balaban J connectivity index is 1.69. The minimum absolute atomic E-state index is 0.222. The Morgan fingerprint density at radius 1 is 1.23 bits per heavy atom. The van der Waals surface area contributed by atoms with E-state index in [9.17, 15) is 4.39 Å². The van der Waals surface area contributed by atoms with Gasteiger partial charge in [0.15, 0.2) is 5.11 Å². The van der Waals surface area contributed by atoms with Crippen LogP contribution in [0.1, 0.15) is 35.6 Å². The molecule has 3 rings (SSSR count). The van der Waals surface area contributed by atoms with Crippen LogP contribution in [0.15, 0.2) is 42.5 Å². The van der Waals surface area contributed by atoms with Crippen LogP contribution in [0.5, 0.6) is 0 Å². The van der Waals surface area contributed by atoms with Crippen molar-refractivity contribution in [3.63, 3.8) is 0 Å². The number of hydrogen-bond donors (Lipinski definition) is 2. The van der Waals surface area contributed by atoms with Gasteiger partial charge in [-0.1, -0.05) is 30.3 Å². The third-order valence-corrected chi connectivity index (χ3v) is 4.32. The summed E-state index contributed by atoms with van der Waals surface area (Å²) in [7, 11) is 0. The lowest BCUT2D eigenvalue weighted by molar-refractivity contribution is 0.529. The minimum Gasteiger partial charge on any atom is -0.356 e. The van der Waals surface area contributed by atoms with Gasteiger partial charge in [0, 0.05) is 5.69 Å². The van der Waals surface area contributed by atoms with Gasteiger partial charge in [0.1, 0.15) is 5.82 Å². The van der Waals surface area contributed by atoms with E-state index < -0.39 is 0 Å². The van der Waals surface area contributed by atoms with Gasteiger partial charge in [0.2, 0.25) is 0 Å². The van der Waals surface area contributed by atoms with Crippen LogP contribution in [0.25, 0.3) is 0 Å². The number of anilines is 1. The number of hydrogen-bond acceptors (Lipinski definition) is 1. The molecule has 2 nitrogen and oxygen atoms in total. The largest absolute Gasteiger partial charge is 0.356 e. The minimum atomic E-state index is -0.226. The third kappa shape index (κ3) is 3.28. The van der Waals surface area contributed by atoms with Crippen molar-refractivity contribution in [2.75, 3.05) is 5.32 Å². The summed E-state index contributed by atoms with van der Waals surface area (Å²) in [5, 5.41) is 6.96. The first-order chi connectivity index (χ1) is 10.6. The highest BCUT2D eigenvalue weighted by atomic mass is 32.1. The van der Waals surface area contributed by atoms with Gasteiger partial charge in [-0.2, -0.15) is 0 Å². The second-order valence-electron chi connectivity index (χ2n) is 5.71. The molecule has 0 saturated heterocycles. The zero-order valence-electron chi connectivity index (χ0n) is 12.5. The summed E-state index contributed by atoms with van der Waals surface area (Å²) in [4.78, 5) is 0. The average Bonchev–Trinajstić information content (AvgIpc) is 2.51. The lowest BCUT2D eigenvalue weighted by Crippen LogP contribution is -2.34. The van der Waals surface area contributed by atoms with Crippen LogP contribution < -0.4 is 10.6 Å². The van der Waals surface area contributed by atoms with Crippen molar-refractivity contribution in [3.8, 4) is 0 Å². The smallest absolute Gasteiger partial charge is 0.171 e. The summed E-state index contributed by atoms with van der Waals surface area (Å²) in [5.41, 5.74) is 4.00. The molecule has 0 fully saturated rings. The number of rotatable bonds is 2. The van der Waals surface area contributed by atoms with Crippen molar-refractivity contribution in [2.45, 2.75) is 32.2 Å². The van der Waals surface area contributed by atoms with E-state index in [4.69, 9.17) is 12.2 Å². The van der Waals surface area contributed by atoms with Gasteiger partial charge in [-0.15, -0.1) is 0 Å². The molecule has 22 heavy (non-hydrogen) atoms. The Bertz CT molecular complexity index is 699. The number of nitrogens with one attached hydrogen (secondary N) is 2. The van der Waals surface area contributed by atoms with E-state index in [0.29, 0.717) is 16.4 Å². The summed E-state index contributed by atoms with van der Waals surface area (Å²) in [6, 6.07) is 13.7. The molecule has 1 atom stereocenters. The van der Waals surface area contributed by atoms with Gasteiger partial charge in [-0.3, -0.25) is 0 Å². The Morgan fingerprint density at radius 2 is 2.05 bits per heavy atom. The Kier molecular flexibility index (Phi) is 4.39. The zero-order chi connectivity index (χ0) is 15.5. The Hall–Kier alpha value is -1.94. The van der Waals surface area contributed by atoms with Gasteiger partial charge in [0.05, 0.1) is 6.04 Å². The third-order valence-electron chi connectivity index (χ3n) is 4.10. The molecule has 2 aromatic rings. The van der Waals surface area contributed by atoms with Gasteiger partial charge in [-0.05, 0) is 67.2 Å². The fraction of sp³-hybridized carbons (Fsp3) is 0.278. The number of fused-ring (bicyclic) bond motifs is 1. The predicted molar refractivity (Wildman–Crippen MR) is 92.6 cm³/mol. The number of halogens is 1. The molecular weight excluding hydrogens is 295 g/mol. The molecular formula is C18H19FN2S. The van der Waals surface area contributed by atoms with E-state index in [2.05, 4.69) is 34.9 Å². The second kappa shape index (κ2) is 6.44. The maximum absolute atomic E-state index is 13.6. The average molecular weight is 314 g/mol. The molecule has 0 bridgehead atoms. The molecule has 2 aromatic carbocycles. The van der Waals surface area contributed by atoms with Crippen molar-refractivity contribution < 1.29 is 4.39 Å². The predicted octanol–water partition coefficient (Wildman–Crippen LogP) is 4.50. The highest BCUT2D eigenvalue weighted by Crippen LogP contribution is 2.29. The lowest BCUT2D eigenvalue weighted by Gasteiger charge is -2.27. The molecule has 114 valence electrons. The Morgan fingerprint density at radius 3 is 2.86 bits per heavy atom. The monoisotopic (exact) mass is 314 g/mol. The summed E-state index contributed by atoms with van der Waals surface area (Å²) in [6.45, 7) is 1.74. The maximum Gasteiger partial charge on any atom is 0.171 e. The fourth-order valence-electron chi connectivity index (χ4n) is 2.90. The van der Waals surface area contributed by atoms with Crippen LogP contribution in [0.2, 0.25) is 0 Å². The molecule has 0 amide bonds. The van der Waals surface area contributed by atoms with Crippen molar-refractivity contribution in [1.29, 1.82) is 0 Å². The van der Waals surface area contributed by atoms with Gasteiger partial charge in [-0.25, -0.2) is 4.39 Å². The normalized spacial score (nSPS) is 16.7. The maximum atomic E-state index is 13.6.